The van der Waals surface area contributed by atoms with Crippen LogP contribution < -0.4 is 5.32 Å². The van der Waals surface area contributed by atoms with Gasteiger partial charge in [-0.25, -0.2) is 0 Å². The second-order valence-electron chi connectivity index (χ2n) is 7.37. The summed E-state index contributed by atoms with van der Waals surface area (Å²) in [5, 5.41) is 3.24. The Morgan fingerprint density at radius 3 is 2.92 bits per heavy atom. The fourth-order valence-corrected chi connectivity index (χ4v) is 3.73. The molecule has 2 atom stereocenters. The van der Waals surface area contributed by atoms with Crippen LogP contribution in [0.25, 0.3) is 0 Å². The second kappa shape index (κ2) is 7.00. The maximum atomic E-state index is 12.7. The molecule has 0 bridgehead atoms. The first kappa shape index (κ1) is 16.3. The molecule has 0 unspecified atom stereocenters. The largest absolute Gasteiger partial charge is 0.468 e. The molecule has 1 amide bonds. The number of rotatable bonds is 5. The lowest BCUT2D eigenvalue weighted by Gasteiger charge is -2.37. The molecule has 1 aliphatic carbocycles. The second-order valence-corrected chi connectivity index (χ2v) is 7.37. The van der Waals surface area contributed by atoms with E-state index >= 15 is 0 Å². The van der Waals surface area contributed by atoms with E-state index in [-0.39, 0.29) is 11.9 Å². The van der Waals surface area contributed by atoms with Gasteiger partial charge in [-0.05, 0) is 43.4 Å². The van der Waals surface area contributed by atoms with Crippen molar-refractivity contribution in [3.63, 3.8) is 0 Å². The zero-order valence-corrected chi connectivity index (χ0v) is 14.6. The van der Waals surface area contributed by atoms with Crippen molar-refractivity contribution in [3.8, 4) is 0 Å². The predicted octanol–water partition coefficient (Wildman–Crippen LogP) is 3.19. The van der Waals surface area contributed by atoms with Crippen molar-refractivity contribution in [1.82, 2.24) is 15.2 Å². The minimum atomic E-state index is 0.0191. The van der Waals surface area contributed by atoms with Crippen LogP contribution in [0.4, 0.5) is 0 Å². The number of aromatic nitrogens is 1. The summed E-state index contributed by atoms with van der Waals surface area (Å²) in [5.74, 6) is 1.76. The van der Waals surface area contributed by atoms with E-state index in [0.29, 0.717) is 11.8 Å². The number of pyridine rings is 1. The van der Waals surface area contributed by atoms with Crippen molar-refractivity contribution in [2.24, 2.45) is 5.92 Å². The lowest BCUT2D eigenvalue weighted by molar-refractivity contribution is 0.0857. The van der Waals surface area contributed by atoms with Gasteiger partial charge in [-0.2, -0.15) is 0 Å². The summed E-state index contributed by atoms with van der Waals surface area (Å²) in [5.41, 5.74) is 1.83. The van der Waals surface area contributed by atoms with Crippen LogP contribution in [0, 0.1) is 5.92 Å². The summed E-state index contributed by atoms with van der Waals surface area (Å²) in [6.45, 7) is 5.04. The number of carbonyl (C=O) groups is 1. The normalized spacial score (nSPS) is 24.2. The summed E-state index contributed by atoms with van der Waals surface area (Å²) in [7, 11) is 0. The molecule has 0 aromatic carbocycles. The lowest BCUT2D eigenvalue weighted by atomic mass is 9.93. The van der Waals surface area contributed by atoms with Gasteiger partial charge in [-0.15, -0.1) is 0 Å². The van der Waals surface area contributed by atoms with Crippen LogP contribution in [0.15, 0.2) is 41.1 Å². The minimum Gasteiger partial charge on any atom is -0.468 e. The van der Waals surface area contributed by atoms with Crippen LogP contribution in [-0.2, 0) is 6.54 Å². The van der Waals surface area contributed by atoms with E-state index in [9.17, 15) is 4.79 Å². The van der Waals surface area contributed by atoms with Gasteiger partial charge in [0.05, 0.1) is 17.5 Å². The van der Waals surface area contributed by atoms with Gasteiger partial charge in [0, 0.05) is 37.8 Å². The number of likely N-dealkylation sites (tertiary alicyclic amines) is 1. The number of hydrogen-bond acceptors (Lipinski definition) is 4. The first-order chi connectivity index (χ1) is 12.2. The molecule has 1 aliphatic heterocycles. The Kier molecular flexibility index (Phi) is 4.57. The third kappa shape index (κ3) is 3.76. The van der Waals surface area contributed by atoms with Crippen LogP contribution in [0.3, 0.4) is 0 Å². The average Bonchev–Trinajstić information content (AvgIpc) is 3.34. The van der Waals surface area contributed by atoms with E-state index in [1.54, 1.807) is 6.26 Å². The molecule has 1 saturated carbocycles. The Bertz CT molecular complexity index is 724. The van der Waals surface area contributed by atoms with Gasteiger partial charge in [0.15, 0.2) is 0 Å². The fraction of sp³-hybridized carbons (Fsp3) is 0.500. The quantitative estimate of drug-likeness (QED) is 0.909. The Balaban J connectivity index is 1.33. The number of carbonyl (C=O) groups excluding carboxylic acids is 1. The van der Waals surface area contributed by atoms with E-state index < -0.39 is 0 Å². The van der Waals surface area contributed by atoms with Crippen LogP contribution in [0.5, 0.6) is 0 Å². The number of nitrogens with one attached hydrogen (secondary N) is 1. The van der Waals surface area contributed by atoms with Crippen molar-refractivity contribution in [3.05, 3.63) is 53.7 Å². The van der Waals surface area contributed by atoms with E-state index in [2.05, 4.69) is 28.2 Å². The summed E-state index contributed by atoms with van der Waals surface area (Å²) >= 11 is 0. The van der Waals surface area contributed by atoms with Crippen molar-refractivity contribution in [2.75, 3.05) is 13.1 Å². The van der Waals surface area contributed by atoms with Gasteiger partial charge in [0.25, 0.3) is 5.91 Å². The van der Waals surface area contributed by atoms with Crippen molar-refractivity contribution in [1.29, 1.82) is 0 Å². The van der Waals surface area contributed by atoms with Crippen molar-refractivity contribution >= 4 is 5.91 Å². The van der Waals surface area contributed by atoms with E-state index in [1.807, 2.05) is 24.4 Å². The van der Waals surface area contributed by atoms with Gasteiger partial charge in [-0.1, -0.05) is 13.0 Å². The molecule has 2 aromatic rings. The third-order valence-corrected chi connectivity index (χ3v) is 5.31. The molecule has 5 heteroatoms. The van der Waals surface area contributed by atoms with Gasteiger partial charge >= 0.3 is 0 Å². The molecule has 2 aromatic heterocycles. The topological polar surface area (TPSA) is 58.4 Å². The molecule has 1 N–H and O–H groups in total. The van der Waals surface area contributed by atoms with Crippen LogP contribution in [0.2, 0.25) is 0 Å². The maximum Gasteiger partial charge on any atom is 0.255 e. The Morgan fingerprint density at radius 1 is 1.32 bits per heavy atom. The molecule has 2 aliphatic rings. The zero-order valence-electron chi connectivity index (χ0n) is 14.6. The highest BCUT2D eigenvalue weighted by molar-refractivity contribution is 5.95. The van der Waals surface area contributed by atoms with E-state index in [0.717, 1.165) is 55.9 Å². The Morgan fingerprint density at radius 2 is 2.20 bits per heavy atom. The molecule has 1 saturated heterocycles. The van der Waals surface area contributed by atoms with Crippen molar-refractivity contribution < 1.29 is 9.21 Å². The predicted molar refractivity (Wildman–Crippen MR) is 95.2 cm³/mol. The number of piperidine rings is 1. The number of nitrogens with zero attached hydrogens (tertiary/aromatic N) is 2. The minimum absolute atomic E-state index is 0.0191. The first-order valence-corrected chi connectivity index (χ1v) is 9.21. The van der Waals surface area contributed by atoms with E-state index in [1.165, 1.54) is 0 Å². The highest BCUT2D eigenvalue weighted by atomic mass is 16.3. The number of furan rings is 1. The smallest absolute Gasteiger partial charge is 0.255 e. The molecular weight excluding hydrogens is 314 g/mol. The molecular formula is C20H25N3O2. The number of hydrogen-bond donors (Lipinski definition) is 1. The molecule has 5 nitrogen and oxygen atoms in total. The van der Waals surface area contributed by atoms with Gasteiger partial charge in [-0.3, -0.25) is 14.7 Å². The monoisotopic (exact) mass is 339 g/mol. The molecule has 4 rings (SSSR count). The van der Waals surface area contributed by atoms with Crippen molar-refractivity contribution in [2.45, 2.75) is 44.7 Å². The summed E-state index contributed by atoms with van der Waals surface area (Å²) in [6.07, 6.45) is 6.72. The third-order valence-electron chi connectivity index (χ3n) is 5.31. The zero-order chi connectivity index (χ0) is 17.2. The first-order valence-electron chi connectivity index (χ1n) is 9.21. The highest BCUT2D eigenvalue weighted by Crippen LogP contribution is 2.42. The molecule has 0 spiro atoms. The standard InChI is InChI=1S/C20H25N3O2/c1-14-12-23(13-16-4-2-3-9-21-16)10-7-18(14)22-20(24)17-8-11-25-19(17)15-5-6-15/h2-4,8-9,11,14-15,18H,5-7,10,12-13H2,1H3,(H,22,24)/t14-,18-/m1/s1. The Hall–Kier alpha value is -2.14. The molecule has 3 heterocycles. The lowest BCUT2D eigenvalue weighted by Crippen LogP contribution is -2.49. The van der Waals surface area contributed by atoms with Gasteiger partial charge in [0.1, 0.15) is 5.76 Å². The van der Waals surface area contributed by atoms with Crippen LogP contribution >= 0.6 is 0 Å². The summed E-state index contributed by atoms with van der Waals surface area (Å²) in [4.78, 5) is 19.5. The summed E-state index contributed by atoms with van der Waals surface area (Å²) < 4.78 is 5.53. The molecule has 0 radical (unpaired) electrons. The highest BCUT2D eigenvalue weighted by Gasteiger charge is 2.33. The maximum absolute atomic E-state index is 12.7. The van der Waals surface area contributed by atoms with Crippen LogP contribution in [-0.4, -0.2) is 34.9 Å². The van der Waals surface area contributed by atoms with Gasteiger partial charge < -0.3 is 9.73 Å². The van der Waals surface area contributed by atoms with Gasteiger partial charge in [0.2, 0.25) is 0 Å². The molecule has 132 valence electrons. The average molecular weight is 339 g/mol. The fourth-order valence-electron chi connectivity index (χ4n) is 3.73. The summed E-state index contributed by atoms with van der Waals surface area (Å²) in [6, 6.07) is 8.07. The molecule has 2 fully saturated rings. The number of amides is 1. The Labute approximate surface area is 148 Å². The molecule has 25 heavy (non-hydrogen) atoms. The van der Waals surface area contributed by atoms with E-state index in [4.69, 9.17) is 4.42 Å². The van der Waals surface area contributed by atoms with Crippen LogP contribution in [0.1, 0.15) is 53.9 Å². The SMILES string of the molecule is C[C@@H]1CN(Cc2ccccn2)CC[C@H]1NC(=O)c1ccoc1C1CC1.